The Morgan fingerprint density at radius 3 is 1.82 bits per heavy atom. The van der Waals surface area contributed by atoms with Crippen LogP contribution in [0.1, 0.15) is 37.8 Å². The van der Waals surface area contributed by atoms with E-state index in [0.717, 1.165) is 17.4 Å². The molecule has 0 saturated heterocycles. The van der Waals surface area contributed by atoms with Gasteiger partial charge >= 0.3 is 6.09 Å². The zero-order chi connectivity index (χ0) is 20.8. The number of amides is 1. The van der Waals surface area contributed by atoms with Gasteiger partial charge in [0.25, 0.3) is 10.1 Å². The molecule has 0 aliphatic rings. The first-order chi connectivity index (χ1) is 13.1. The number of hydrogen-bond acceptors (Lipinski definition) is 5. The van der Waals surface area contributed by atoms with Gasteiger partial charge in [-0.05, 0) is 31.9 Å². The largest absolute Gasteiger partial charge is 0.444 e. The Morgan fingerprint density at radius 1 is 0.964 bits per heavy atom. The van der Waals surface area contributed by atoms with Crippen LogP contribution in [0.4, 0.5) is 4.79 Å². The molecule has 2 aromatic rings. The molecule has 7 heteroatoms. The minimum absolute atomic E-state index is 0.216. The summed E-state index contributed by atoms with van der Waals surface area (Å²) >= 11 is 0. The maximum absolute atomic E-state index is 12.4. The summed E-state index contributed by atoms with van der Waals surface area (Å²) in [5, 5.41) is 2.79. The molecule has 0 spiro atoms. The molecule has 6 nitrogen and oxygen atoms in total. The van der Waals surface area contributed by atoms with E-state index < -0.39 is 27.9 Å². The fourth-order valence-electron chi connectivity index (χ4n) is 2.85. The summed E-state index contributed by atoms with van der Waals surface area (Å²) in [6.45, 7) is 5.08. The number of ether oxygens (including phenoxy) is 1. The van der Waals surface area contributed by atoms with Crippen molar-refractivity contribution in [2.45, 2.75) is 38.3 Å². The summed E-state index contributed by atoms with van der Waals surface area (Å²) in [4.78, 5) is 12.4. The highest BCUT2D eigenvalue weighted by molar-refractivity contribution is 7.85. The van der Waals surface area contributed by atoms with Gasteiger partial charge in [-0.3, -0.25) is 4.18 Å². The molecule has 0 heterocycles. The number of hydrogen-bond donors (Lipinski definition) is 1. The summed E-state index contributed by atoms with van der Waals surface area (Å²) < 4.78 is 33.6. The number of carbonyl (C=O) groups excluding carboxylic acids is 1. The van der Waals surface area contributed by atoms with E-state index in [1.54, 1.807) is 20.8 Å². The molecule has 0 bridgehead atoms. The first kappa shape index (κ1) is 21.9. The Kier molecular flexibility index (Phi) is 7.21. The molecule has 0 fully saturated rings. The van der Waals surface area contributed by atoms with E-state index >= 15 is 0 Å². The summed E-state index contributed by atoms with van der Waals surface area (Å²) in [6.07, 6.45) is 0.351. The van der Waals surface area contributed by atoms with Crippen molar-refractivity contribution in [2.75, 3.05) is 12.9 Å². The third kappa shape index (κ3) is 7.32. The van der Waals surface area contributed by atoms with Crippen LogP contribution in [0.25, 0.3) is 0 Å². The summed E-state index contributed by atoms with van der Waals surface area (Å²) in [5.41, 5.74) is 1.17. The molecule has 0 aromatic heterocycles. The Morgan fingerprint density at radius 2 is 1.43 bits per heavy atom. The van der Waals surface area contributed by atoms with E-state index in [2.05, 4.69) is 5.32 Å². The highest BCUT2D eigenvalue weighted by Crippen LogP contribution is 2.29. The van der Waals surface area contributed by atoms with Gasteiger partial charge in [-0.2, -0.15) is 8.42 Å². The van der Waals surface area contributed by atoms with E-state index in [1.165, 1.54) is 0 Å². The van der Waals surface area contributed by atoms with Gasteiger partial charge < -0.3 is 10.1 Å². The zero-order valence-corrected chi connectivity index (χ0v) is 17.4. The lowest BCUT2D eigenvalue weighted by molar-refractivity contribution is 0.0482. The molecule has 1 atom stereocenters. The van der Waals surface area contributed by atoms with E-state index in [0.29, 0.717) is 0 Å². The number of rotatable bonds is 7. The molecule has 0 aliphatic carbocycles. The first-order valence-electron chi connectivity index (χ1n) is 8.99. The average Bonchev–Trinajstić information content (AvgIpc) is 2.59. The molecule has 1 N–H and O–H groups in total. The van der Waals surface area contributed by atoms with Crippen molar-refractivity contribution in [2.24, 2.45) is 0 Å². The summed E-state index contributed by atoms with van der Waals surface area (Å²) in [5.74, 6) is -0.323. The molecule has 0 unspecified atom stereocenters. The fourth-order valence-corrected chi connectivity index (χ4v) is 3.25. The molecule has 152 valence electrons. The highest BCUT2D eigenvalue weighted by Gasteiger charge is 2.29. The number of benzene rings is 2. The third-order valence-corrected chi connectivity index (χ3v) is 4.45. The number of nitrogens with one attached hydrogen (secondary N) is 1. The van der Waals surface area contributed by atoms with E-state index in [1.807, 2.05) is 60.7 Å². The molecular weight excluding hydrogens is 378 g/mol. The van der Waals surface area contributed by atoms with Crippen LogP contribution in [0.3, 0.4) is 0 Å². The molecule has 2 rings (SSSR count). The highest BCUT2D eigenvalue weighted by atomic mass is 32.2. The molecular formula is C21H27NO5S. The smallest absolute Gasteiger partial charge is 0.407 e. The van der Waals surface area contributed by atoms with Crippen LogP contribution in [0.15, 0.2) is 60.7 Å². The van der Waals surface area contributed by atoms with Gasteiger partial charge in [0.1, 0.15) is 5.60 Å². The predicted molar refractivity (Wildman–Crippen MR) is 109 cm³/mol. The predicted octanol–water partition coefficient (Wildman–Crippen LogP) is 3.69. The van der Waals surface area contributed by atoms with Crippen LogP contribution in [0.5, 0.6) is 0 Å². The van der Waals surface area contributed by atoms with Gasteiger partial charge in [0, 0.05) is 5.92 Å². The van der Waals surface area contributed by atoms with Crippen molar-refractivity contribution in [3.05, 3.63) is 71.8 Å². The van der Waals surface area contributed by atoms with E-state index in [-0.39, 0.29) is 12.5 Å². The average molecular weight is 406 g/mol. The van der Waals surface area contributed by atoms with Crippen molar-refractivity contribution in [1.82, 2.24) is 5.32 Å². The molecule has 0 aliphatic heterocycles. The summed E-state index contributed by atoms with van der Waals surface area (Å²) in [6, 6.07) is 18.5. The lowest BCUT2D eigenvalue weighted by Gasteiger charge is -2.30. The van der Waals surface area contributed by atoms with Crippen molar-refractivity contribution in [3.63, 3.8) is 0 Å². The van der Waals surface area contributed by atoms with Gasteiger partial charge in [-0.25, -0.2) is 4.79 Å². The monoisotopic (exact) mass is 405 g/mol. The topological polar surface area (TPSA) is 81.7 Å². The Balaban J connectivity index is 2.40. The van der Waals surface area contributed by atoms with E-state index in [9.17, 15) is 13.2 Å². The Bertz CT molecular complexity index is 821. The van der Waals surface area contributed by atoms with Crippen molar-refractivity contribution < 1.29 is 22.1 Å². The maximum Gasteiger partial charge on any atom is 0.407 e. The van der Waals surface area contributed by atoms with Crippen molar-refractivity contribution in [3.8, 4) is 0 Å². The number of alkyl carbamates (subject to hydrolysis) is 1. The zero-order valence-electron chi connectivity index (χ0n) is 16.6. The van der Waals surface area contributed by atoms with Crippen LogP contribution >= 0.6 is 0 Å². The van der Waals surface area contributed by atoms with Gasteiger partial charge in [0.05, 0.1) is 18.9 Å². The van der Waals surface area contributed by atoms with Crippen LogP contribution < -0.4 is 5.32 Å². The maximum atomic E-state index is 12.4. The lowest BCUT2D eigenvalue weighted by Crippen LogP contribution is -2.45. The SMILES string of the molecule is CC(C)(C)OC(=O)N[C@H](COS(C)(=O)=O)C(c1ccccc1)c1ccccc1. The van der Waals surface area contributed by atoms with Crippen LogP contribution in [0.2, 0.25) is 0 Å². The standard InChI is InChI=1S/C21H27NO5S/c1-21(2,3)27-20(23)22-18(15-26-28(4,24)25)19(16-11-7-5-8-12-16)17-13-9-6-10-14-17/h5-14,18-19H,15H2,1-4H3,(H,22,23)/t18-/m1/s1. The Hall–Kier alpha value is -2.38. The normalized spacial score (nSPS) is 13.2. The number of carbonyl (C=O) groups is 1. The molecule has 1 amide bonds. The van der Waals surface area contributed by atoms with Crippen molar-refractivity contribution >= 4 is 16.2 Å². The second-order valence-corrected chi connectivity index (χ2v) is 9.18. The van der Waals surface area contributed by atoms with Gasteiger partial charge in [-0.15, -0.1) is 0 Å². The molecule has 0 saturated carbocycles. The van der Waals surface area contributed by atoms with Gasteiger partial charge in [-0.1, -0.05) is 60.7 Å². The van der Waals surface area contributed by atoms with Crippen LogP contribution in [0, 0.1) is 0 Å². The second kappa shape index (κ2) is 9.21. The van der Waals surface area contributed by atoms with Gasteiger partial charge in [0.15, 0.2) is 0 Å². The minimum Gasteiger partial charge on any atom is -0.444 e. The lowest BCUT2D eigenvalue weighted by atomic mass is 9.85. The van der Waals surface area contributed by atoms with E-state index in [4.69, 9.17) is 8.92 Å². The molecule has 2 aromatic carbocycles. The first-order valence-corrected chi connectivity index (χ1v) is 10.8. The van der Waals surface area contributed by atoms with Gasteiger partial charge in [0.2, 0.25) is 0 Å². The minimum atomic E-state index is -3.68. The Labute approximate surface area is 167 Å². The third-order valence-electron chi connectivity index (χ3n) is 3.88. The second-order valence-electron chi connectivity index (χ2n) is 7.54. The van der Waals surface area contributed by atoms with Crippen LogP contribution in [-0.4, -0.2) is 39.0 Å². The fraction of sp³-hybridized carbons (Fsp3) is 0.381. The molecule has 0 radical (unpaired) electrons. The molecule has 28 heavy (non-hydrogen) atoms. The quantitative estimate of drug-likeness (QED) is 0.711. The van der Waals surface area contributed by atoms with Crippen molar-refractivity contribution in [1.29, 1.82) is 0 Å². The van der Waals surface area contributed by atoms with Crippen LogP contribution in [-0.2, 0) is 19.0 Å². The summed E-state index contributed by atoms with van der Waals surface area (Å²) in [7, 11) is -3.68.